The molecule has 1 aliphatic heterocycles. The first-order valence-corrected chi connectivity index (χ1v) is 9.35. The number of nitrogens with zero attached hydrogens (tertiary/aromatic N) is 3. The maximum Gasteiger partial charge on any atom is 0.191 e. The number of aromatic nitrogens is 2. The molecule has 2 N–H and O–H groups in total. The quantitative estimate of drug-likeness (QED) is 0.591. The molecule has 0 unspecified atom stereocenters. The Bertz CT molecular complexity index is 750. The third-order valence-electron chi connectivity index (χ3n) is 4.46. The summed E-state index contributed by atoms with van der Waals surface area (Å²) >= 11 is 0. The maximum atomic E-state index is 5.56. The molecule has 0 saturated carbocycles. The lowest BCUT2D eigenvalue weighted by Crippen LogP contribution is -2.38. The molecule has 6 nitrogen and oxygen atoms in total. The Morgan fingerprint density at radius 1 is 1.35 bits per heavy atom. The fourth-order valence-corrected chi connectivity index (χ4v) is 3.17. The molecule has 140 valence electrons. The topological polar surface area (TPSA) is 63.5 Å². The van der Waals surface area contributed by atoms with Crippen LogP contribution < -0.4 is 15.4 Å². The first-order valence-electron chi connectivity index (χ1n) is 9.35. The zero-order valence-corrected chi connectivity index (χ0v) is 16.0. The molecule has 26 heavy (non-hydrogen) atoms. The number of hydrogen-bond donors (Lipinski definition) is 2. The van der Waals surface area contributed by atoms with Gasteiger partial charge in [0.2, 0.25) is 0 Å². The molecule has 0 atom stereocenters. The molecule has 6 heteroatoms. The highest BCUT2D eigenvalue weighted by Gasteiger charge is 2.12. The fraction of sp³-hybridized carbons (Fsp3) is 0.500. The average molecular weight is 355 g/mol. The molecule has 0 aliphatic carbocycles. The second-order valence-electron chi connectivity index (χ2n) is 7.03. The van der Waals surface area contributed by atoms with Crippen molar-refractivity contribution in [3.8, 4) is 5.75 Å². The van der Waals surface area contributed by atoms with Crippen LogP contribution in [0.15, 0.2) is 35.6 Å². The summed E-state index contributed by atoms with van der Waals surface area (Å²) in [5, 5.41) is 6.73. The van der Waals surface area contributed by atoms with Crippen molar-refractivity contribution in [2.45, 2.75) is 39.8 Å². The molecule has 2 heterocycles. The molecule has 0 amide bonds. The van der Waals surface area contributed by atoms with E-state index in [1.165, 1.54) is 11.1 Å². The Kier molecular flexibility index (Phi) is 6.15. The zero-order chi connectivity index (χ0) is 18.4. The van der Waals surface area contributed by atoms with Crippen LogP contribution in [0.1, 0.15) is 30.8 Å². The molecule has 0 fully saturated rings. The van der Waals surface area contributed by atoms with Gasteiger partial charge in [-0.2, -0.15) is 0 Å². The minimum atomic E-state index is 0.595. The first-order chi connectivity index (χ1) is 12.7. The van der Waals surface area contributed by atoms with Crippen LogP contribution in [0.4, 0.5) is 0 Å². The predicted molar refractivity (Wildman–Crippen MR) is 105 cm³/mol. The van der Waals surface area contributed by atoms with Gasteiger partial charge < -0.3 is 19.9 Å². The van der Waals surface area contributed by atoms with Gasteiger partial charge in [0.25, 0.3) is 0 Å². The van der Waals surface area contributed by atoms with Gasteiger partial charge in [0.15, 0.2) is 5.96 Å². The van der Waals surface area contributed by atoms with Gasteiger partial charge in [-0.1, -0.05) is 26.0 Å². The van der Waals surface area contributed by atoms with E-state index in [0.29, 0.717) is 12.5 Å². The monoisotopic (exact) mass is 355 g/mol. The lowest BCUT2D eigenvalue weighted by Gasteiger charge is -2.14. The van der Waals surface area contributed by atoms with Crippen LogP contribution in [0.5, 0.6) is 5.75 Å². The number of nitrogens with one attached hydrogen (secondary N) is 2. The van der Waals surface area contributed by atoms with E-state index in [1.807, 2.05) is 12.4 Å². The molecule has 1 aromatic heterocycles. The van der Waals surface area contributed by atoms with E-state index in [0.717, 1.165) is 50.1 Å². The lowest BCUT2D eigenvalue weighted by molar-refractivity contribution is 0.357. The van der Waals surface area contributed by atoms with Crippen molar-refractivity contribution >= 4 is 5.96 Å². The standard InChI is InChI=1S/C20H29N5O/c1-15(2)14-25-10-9-22-19(25)13-24-20(21-3)23-8-6-16-4-5-18-17(12-16)7-11-26-18/h4-5,9-10,12,15H,6-8,11,13-14H2,1-3H3,(H2,21,23,24). The van der Waals surface area contributed by atoms with E-state index in [-0.39, 0.29) is 0 Å². The highest BCUT2D eigenvalue weighted by molar-refractivity contribution is 5.79. The zero-order valence-electron chi connectivity index (χ0n) is 16.0. The summed E-state index contributed by atoms with van der Waals surface area (Å²) in [6, 6.07) is 6.48. The van der Waals surface area contributed by atoms with Gasteiger partial charge in [0.05, 0.1) is 13.2 Å². The van der Waals surface area contributed by atoms with E-state index in [9.17, 15) is 0 Å². The Hall–Kier alpha value is -2.50. The summed E-state index contributed by atoms with van der Waals surface area (Å²) in [6.07, 6.45) is 5.86. The molecule has 2 aromatic rings. The highest BCUT2D eigenvalue weighted by atomic mass is 16.5. The van der Waals surface area contributed by atoms with Crippen LogP contribution in [0, 0.1) is 5.92 Å². The molecule has 0 radical (unpaired) electrons. The van der Waals surface area contributed by atoms with Crippen LogP contribution in [0.25, 0.3) is 0 Å². The number of hydrogen-bond acceptors (Lipinski definition) is 3. The van der Waals surface area contributed by atoms with Crippen molar-refractivity contribution in [1.82, 2.24) is 20.2 Å². The summed E-state index contributed by atoms with van der Waals surface area (Å²) in [5.41, 5.74) is 2.65. The van der Waals surface area contributed by atoms with Crippen molar-refractivity contribution in [1.29, 1.82) is 0 Å². The van der Waals surface area contributed by atoms with Gasteiger partial charge in [-0.15, -0.1) is 0 Å². The smallest absolute Gasteiger partial charge is 0.191 e. The highest BCUT2D eigenvalue weighted by Crippen LogP contribution is 2.25. The first kappa shape index (κ1) is 18.3. The van der Waals surface area contributed by atoms with Gasteiger partial charge in [-0.05, 0) is 29.5 Å². The summed E-state index contributed by atoms with van der Waals surface area (Å²) in [5.74, 6) is 3.46. The maximum absolute atomic E-state index is 5.56. The Morgan fingerprint density at radius 2 is 2.23 bits per heavy atom. The summed E-state index contributed by atoms with van der Waals surface area (Å²) in [6.45, 7) is 7.70. The SMILES string of the molecule is CN=C(NCCc1ccc2c(c1)CCO2)NCc1nccn1CC(C)C. The van der Waals surface area contributed by atoms with Crippen LogP contribution in [-0.2, 0) is 25.9 Å². The molecular weight excluding hydrogens is 326 g/mol. The normalized spacial score (nSPS) is 13.6. The van der Waals surface area contributed by atoms with E-state index >= 15 is 0 Å². The number of guanidine groups is 1. The molecule has 0 spiro atoms. The number of imidazole rings is 1. The minimum Gasteiger partial charge on any atom is -0.493 e. The van der Waals surface area contributed by atoms with Crippen LogP contribution >= 0.6 is 0 Å². The van der Waals surface area contributed by atoms with Crippen molar-refractivity contribution < 1.29 is 4.74 Å². The van der Waals surface area contributed by atoms with Gasteiger partial charge in [0, 0.05) is 39.0 Å². The molecule has 0 saturated heterocycles. The average Bonchev–Trinajstić information content (AvgIpc) is 3.26. The Morgan fingerprint density at radius 3 is 3.04 bits per heavy atom. The van der Waals surface area contributed by atoms with Gasteiger partial charge >= 0.3 is 0 Å². The van der Waals surface area contributed by atoms with Crippen LogP contribution in [0.2, 0.25) is 0 Å². The van der Waals surface area contributed by atoms with E-state index in [2.05, 4.69) is 57.2 Å². The fourth-order valence-electron chi connectivity index (χ4n) is 3.17. The van der Waals surface area contributed by atoms with Gasteiger partial charge in [0.1, 0.15) is 11.6 Å². The molecule has 1 aliphatic rings. The minimum absolute atomic E-state index is 0.595. The van der Waals surface area contributed by atoms with E-state index in [1.54, 1.807) is 7.05 Å². The number of aliphatic imine (C=N–C) groups is 1. The second kappa shape index (κ2) is 8.74. The van der Waals surface area contributed by atoms with E-state index in [4.69, 9.17) is 4.74 Å². The largest absolute Gasteiger partial charge is 0.493 e. The number of rotatable bonds is 7. The molecule has 0 bridgehead atoms. The van der Waals surface area contributed by atoms with Crippen molar-refractivity contribution in [3.63, 3.8) is 0 Å². The Balaban J connectivity index is 1.46. The van der Waals surface area contributed by atoms with E-state index < -0.39 is 0 Å². The summed E-state index contributed by atoms with van der Waals surface area (Å²) < 4.78 is 7.75. The van der Waals surface area contributed by atoms with Gasteiger partial charge in [-0.25, -0.2) is 4.98 Å². The number of fused-ring (bicyclic) bond motifs is 1. The third-order valence-corrected chi connectivity index (χ3v) is 4.46. The lowest BCUT2D eigenvalue weighted by atomic mass is 10.1. The van der Waals surface area contributed by atoms with Crippen molar-refractivity contribution in [3.05, 3.63) is 47.5 Å². The van der Waals surface area contributed by atoms with Crippen molar-refractivity contribution in [2.75, 3.05) is 20.2 Å². The van der Waals surface area contributed by atoms with Crippen molar-refractivity contribution in [2.24, 2.45) is 10.9 Å². The third kappa shape index (κ3) is 4.77. The van der Waals surface area contributed by atoms with Gasteiger partial charge in [-0.3, -0.25) is 4.99 Å². The van der Waals surface area contributed by atoms with Crippen LogP contribution in [0.3, 0.4) is 0 Å². The molecule has 1 aromatic carbocycles. The Labute approximate surface area is 155 Å². The summed E-state index contributed by atoms with van der Waals surface area (Å²) in [4.78, 5) is 8.75. The summed E-state index contributed by atoms with van der Waals surface area (Å²) in [7, 11) is 1.79. The second-order valence-corrected chi connectivity index (χ2v) is 7.03. The predicted octanol–water partition coefficient (Wildman–Crippen LogP) is 2.38. The number of benzene rings is 1. The molecule has 3 rings (SSSR count). The van der Waals surface area contributed by atoms with Crippen LogP contribution in [-0.4, -0.2) is 35.7 Å². The molecular formula is C20H29N5O. The number of ether oxygens (including phenoxy) is 1.